The first kappa shape index (κ1) is 18.8. The number of anilines is 1. The molecule has 150 valence electrons. The number of aromatic nitrogens is 2. The van der Waals surface area contributed by atoms with Crippen molar-refractivity contribution in [2.75, 3.05) is 38.2 Å². The van der Waals surface area contributed by atoms with Crippen LogP contribution in [-0.2, 0) is 6.54 Å². The van der Waals surface area contributed by atoms with Crippen LogP contribution >= 0.6 is 0 Å². The van der Waals surface area contributed by atoms with Gasteiger partial charge in [0.25, 0.3) is 0 Å². The van der Waals surface area contributed by atoms with Crippen molar-refractivity contribution in [3.05, 3.63) is 35.5 Å². The first-order valence-electron chi connectivity index (χ1n) is 10.0. The normalized spacial score (nSPS) is 20.5. The fraction of sp³-hybridized carbons (Fsp3) is 0.524. The van der Waals surface area contributed by atoms with Gasteiger partial charge in [0.15, 0.2) is 11.5 Å². The molecule has 1 atom stereocenters. The predicted molar refractivity (Wildman–Crippen MR) is 107 cm³/mol. The lowest BCUT2D eigenvalue weighted by Crippen LogP contribution is -2.34. The zero-order valence-corrected chi connectivity index (χ0v) is 16.3. The van der Waals surface area contributed by atoms with Crippen molar-refractivity contribution in [3.8, 4) is 17.4 Å². The molecule has 0 radical (unpaired) electrons. The fourth-order valence-electron chi connectivity index (χ4n) is 4.24. The molecule has 1 unspecified atom stereocenters. The quantitative estimate of drug-likeness (QED) is 0.820. The largest absolute Gasteiger partial charge is 0.504 e. The summed E-state index contributed by atoms with van der Waals surface area (Å²) in [6.07, 6.45) is 4.44. The van der Waals surface area contributed by atoms with E-state index in [9.17, 15) is 10.2 Å². The Labute approximate surface area is 165 Å². The predicted octanol–water partition coefficient (Wildman–Crippen LogP) is 2.88. The van der Waals surface area contributed by atoms with Crippen molar-refractivity contribution in [2.24, 2.45) is 0 Å². The molecule has 2 fully saturated rings. The smallest absolute Gasteiger partial charge is 0.228 e. The third-order valence-electron chi connectivity index (χ3n) is 5.68. The number of phenolic OH excluding ortho intramolecular Hbond substituents is 1. The number of piperidine rings is 1. The summed E-state index contributed by atoms with van der Waals surface area (Å²) in [7, 11) is 1.55. The molecule has 1 aromatic heterocycles. The maximum absolute atomic E-state index is 10.1. The lowest BCUT2D eigenvalue weighted by atomic mass is 9.94. The molecule has 0 bridgehead atoms. The minimum Gasteiger partial charge on any atom is -0.504 e. The molecule has 2 aliphatic rings. The summed E-state index contributed by atoms with van der Waals surface area (Å²) in [6.45, 7) is 4.58. The Balaban J connectivity index is 1.47. The molecule has 7 heteroatoms. The standard InChI is InChI=1S/C21H28N4O3/c1-28-19-7-6-15(11-18(19)26)13-24-8-4-5-16(14-24)17-12-20(27)23-21(22-17)25-9-2-3-10-25/h6-7,11-12,16,26H,2-5,8-10,13-14H2,1H3,(H,22,23,27). The first-order valence-corrected chi connectivity index (χ1v) is 10.0. The topological polar surface area (TPSA) is 82.0 Å². The molecule has 3 heterocycles. The molecular formula is C21H28N4O3. The van der Waals surface area contributed by atoms with E-state index in [1.165, 1.54) is 0 Å². The fourth-order valence-corrected chi connectivity index (χ4v) is 4.24. The molecule has 28 heavy (non-hydrogen) atoms. The average molecular weight is 384 g/mol. The van der Waals surface area contributed by atoms with Gasteiger partial charge in [-0.2, -0.15) is 4.98 Å². The molecule has 2 aliphatic heterocycles. The van der Waals surface area contributed by atoms with Gasteiger partial charge in [0.1, 0.15) is 0 Å². The summed E-state index contributed by atoms with van der Waals surface area (Å²) in [5, 5.41) is 20.2. The molecule has 2 N–H and O–H groups in total. The second-order valence-corrected chi connectivity index (χ2v) is 7.73. The van der Waals surface area contributed by atoms with E-state index in [1.54, 1.807) is 25.3 Å². The van der Waals surface area contributed by atoms with Crippen LogP contribution in [0.25, 0.3) is 0 Å². The van der Waals surface area contributed by atoms with E-state index in [0.717, 1.165) is 69.7 Å². The number of methoxy groups -OCH3 is 1. The highest BCUT2D eigenvalue weighted by Gasteiger charge is 2.25. The number of benzene rings is 1. The van der Waals surface area contributed by atoms with Gasteiger partial charge in [0.2, 0.25) is 11.8 Å². The SMILES string of the molecule is COc1ccc(CN2CCCC(c3cc(O)nc(N4CCCC4)n3)C2)cc1O. The van der Waals surface area contributed by atoms with Crippen molar-refractivity contribution in [1.82, 2.24) is 14.9 Å². The zero-order valence-electron chi connectivity index (χ0n) is 16.3. The van der Waals surface area contributed by atoms with Gasteiger partial charge in [-0.25, -0.2) is 4.98 Å². The second kappa shape index (κ2) is 8.22. The van der Waals surface area contributed by atoms with E-state index < -0.39 is 0 Å². The third kappa shape index (κ3) is 4.14. The van der Waals surface area contributed by atoms with Crippen LogP contribution in [0.4, 0.5) is 5.95 Å². The molecule has 2 aromatic rings. The highest BCUT2D eigenvalue weighted by Crippen LogP contribution is 2.31. The lowest BCUT2D eigenvalue weighted by Gasteiger charge is -2.32. The van der Waals surface area contributed by atoms with Crippen molar-refractivity contribution >= 4 is 5.95 Å². The Bertz CT molecular complexity index is 823. The van der Waals surface area contributed by atoms with Crippen molar-refractivity contribution in [1.29, 1.82) is 0 Å². The Morgan fingerprint density at radius 3 is 2.64 bits per heavy atom. The molecule has 4 rings (SSSR count). The Morgan fingerprint density at radius 1 is 1.07 bits per heavy atom. The third-order valence-corrected chi connectivity index (χ3v) is 5.68. The molecule has 0 spiro atoms. The Kier molecular flexibility index (Phi) is 5.52. The number of rotatable bonds is 5. The van der Waals surface area contributed by atoms with Crippen LogP contribution in [0, 0.1) is 0 Å². The number of hydrogen-bond acceptors (Lipinski definition) is 7. The van der Waals surface area contributed by atoms with Crippen LogP contribution in [0.2, 0.25) is 0 Å². The van der Waals surface area contributed by atoms with Gasteiger partial charge in [-0.3, -0.25) is 4.90 Å². The van der Waals surface area contributed by atoms with Gasteiger partial charge in [-0.15, -0.1) is 0 Å². The second-order valence-electron chi connectivity index (χ2n) is 7.73. The van der Waals surface area contributed by atoms with Gasteiger partial charge < -0.3 is 19.8 Å². The van der Waals surface area contributed by atoms with Crippen molar-refractivity contribution < 1.29 is 14.9 Å². The number of aromatic hydroxyl groups is 2. The Morgan fingerprint density at radius 2 is 1.89 bits per heavy atom. The maximum Gasteiger partial charge on any atom is 0.228 e. The van der Waals surface area contributed by atoms with Gasteiger partial charge in [0, 0.05) is 38.2 Å². The van der Waals surface area contributed by atoms with Gasteiger partial charge in [-0.1, -0.05) is 6.07 Å². The van der Waals surface area contributed by atoms with Crippen LogP contribution in [-0.4, -0.2) is 58.4 Å². The summed E-state index contributed by atoms with van der Waals surface area (Å²) in [5.74, 6) is 1.65. The minimum atomic E-state index is 0.0594. The summed E-state index contributed by atoms with van der Waals surface area (Å²) in [4.78, 5) is 13.6. The summed E-state index contributed by atoms with van der Waals surface area (Å²) >= 11 is 0. The van der Waals surface area contributed by atoms with Crippen LogP contribution in [0.15, 0.2) is 24.3 Å². The number of phenols is 1. The number of likely N-dealkylation sites (tertiary alicyclic amines) is 1. The molecular weight excluding hydrogens is 356 g/mol. The van der Waals surface area contributed by atoms with E-state index in [-0.39, 0.29) is 17.5 Å². The van der Waals surface area contributed by atoms with Crippen LogP contribution in [0.3, 0.4) is 0 Å². The first-order chi connectivity index (χ1) is 13.6. The number of nitrogens with zero attached hydrogens (tertiary/aromatic N) is 4. The van der Waals surface area contributed by atoms with Gasteiger partial charge >= 0.3 is 0 Å². The maximum atomic E-state index is 10.1. The zero-order chi connectivity index (χ0) is 19.5. The monoisotopic (exact) mass is 384 g/mol. The molecule has 1 aromatic carbocycles. The highest BCUT2D eigenvalue weighted by atomic mass is 16.5. The average Bonchev–Trinajstić information content (AvgIpc) is 3.23. The van der Waals surface area contributed by atoms with Crippen LogP contribution < -0.4 is 9.64 Å². The molecule has 7 nitrogen and oxygen atoms in total. The molecule has 0 aliphatic carbocycles. The number of ether oxygens (including phenoxy) is 1. The van der Waals surface area contributed by atoms with E-state index in [2.05, 4.69) is 14.8 Å². The molecule has 0 saturated carbocycles. The minimum absolute atomic E-state index is 0.0594. The van der Waals surface area contributed by atoms with E-state index in [0.29, 0.717) is 11.7 Å². The van der Waals surface area contributed by atoms with Crippen molar-refractivity contribution in [2.45, 2.75) is 38.1 Å². The van der Waals surface area contributed by atoms with Crippen molar-refractivity contribution in [3.63, 3.8) is 0 Å². The summed E-state index contributed by atoms with van der Waals surface area (Å²) < 4.78 is 5.12. The van der Waals surface area contributed by atoms with E-state index in [4.69, 9.17) is 9.72 Å². The van der Waals surface area contributed by atoms with E-state index >= 15 is 0 Å². The lowest BCUT2D eigenvalue weighted by molar-refractivity contribution is 0.198. The van der Waals surface area contributed by atoms with E-state index in [1.807, 2.05) is 6.07 Å². The van der Waals surface area contributed by atoms with Gasteiger partial charge in [-0.05, 0) is 49.9 Å². The summed E-state index contributed by atoms with van der Waals surface area (Å²) in [6, 6.07) is 7.28. The van der Waals surface area contributed by atoms with Gasteiger partial charge in [0.05, 0.1) is 12.8 Å². The highest BCUT2D eigenvalue weighted by molar-refractivity contribution is 5.41. The number of hydrogen-bond donors (Lipinski definition) is 2. The van der Waals surface area contributed by atoms with Crippen LogP contribution in [0.1, 0.15) is 42.9 Å². The Hall–Kier alpha value is -2.54. The molecule has 0 amide bonds. The molecule has 2 saturated heterocycles. The summed E-state index contributed by atoms with van der Waals surface area (Å²) in [5.41, 5.74) is 1.99. The van der Waals surface area contributed by atoms with Crippen LogP contribution in [0.5, 0.6) is 17.4 Å².